The number of thiophene rings is 1. The zero-order chi connectivity index (χ0) is 15.2. The van der Waals surface area contributed by atoms with Crippen molar-refractivity contribution in [2.24, 2.45) is 10.9 Å². The first-order valence-corrected chi connectivity index (χ1v) is 7.51. The Morgan fingerprint density at radius 2 is 2.05 bits per heavy atom. The highest BCUT2D eigenvalue weighted by Crippen LogP contribution is 2.17. The van der Waals surface area contributed by atoms with Gasteiger partial charge >= 0.3 is 0 Å². The van der Waals surface area contributed by atoms with E-state index in [1.807, 2.05) is 0 Å². The maximum Gasteiger partial charge on any atom is 0.173 e. The molecule has 2 aromatic rings. The number of hydrogen-bond donors (Lipinski definition) is 3. The minimum atomic E-state index is -0.458. The van der Waals surface area contributed by atoms with Gasteiger partial charge in [-0.15, -0.1) is 11.3 Å². The maximum atomic E-state index is 14.2. The first-order valence-electron chi connectivity index (χ1n) is 6.69. The van der Waals surface area contributed by atoms with Gasteiger partial charge in [0, 0.05) is 28.4 Å². The Bertz CT molecular complexity index is 640. The number of halogens is 1. The molecule has 6 heteroatoms. The molecule has 1 aromatic carbocycles. The van der Waals surface area contributed by atoms with E-state index in [4.69, 9.17) is 10.9 Å². The summed E-state index contributed by atoms with van der Waals surface area (Å²) >= 11 is 1.76. The van der Waals surface area contributed by atoms with E-state index in [2.05, 4.69) is 29.5 Å². The fourth-order valence-corrected chi connectivity index (χ4v) is 2.92. The third-order valence-corrected chi connectivity index (χ3v) is 4.37. The summed E-state index contributed by atoms with van der Waals surface area (Å²) in [4.78, 5) is 2.56. The molecule has 112 valence electrons. The van der Waals surface area contributed by atoms with Gasteiger partial charge in [-0.2, -0.15) is 0 Å². The number of aryl methyl sites for hydroxylation is 1. The summed E-state index contributed by atoms with van der Waals surface area (Å²) in [5.74, 6) is -0.680. The Morgan fingerprint density at radius 3 is 2.71 bits per heavy atom. The number of nitrogens with two attached hydrogens (primary N) is 1. The van der Waals surface area contributed by atoms with Crippen LogP contribution in [0.15, 0.2) is 35.5 Å². The summed E-state index contributed by atoms with van der Waals surface area (Å²) in [6, 6.07) is 9.05. The van der Waals surface area contributed by atoms with Crippen molar-refractivity contribution in [3.63, 3.8) is 0 Å². The standard InChI is InChI=1S/C15H18FN3OS/c1-2-11-6-7-12(21-11)9-18-8-10-4-3-5-13(14(10)16)15(17)19-20/h3-7,18,20H,2,8-9H2,1H3,(H2,17,19). The Balaban J connectivity index is 2.00. The number of rotatable bonds is 6. The Morgan fingerprint density at radius 1 is 1.29 bits per heavy atom. The van der Waals surface area contributed by atoms with Crippen molar-refractivity contribution in [2.75, 3.05) is 0 Å². The van der Waals surface area contributed by atoms with Gasteiger partial charge in [-0.25, -0.2) is 4.39 Å². The Kier molecular flexibility index (Phi) is 5.30. The molecule has 0 atom stereocenters. The van der Waals surface area contributed by atoms with E-state index in [0.717, 1.165) is 6.42 Å². The largest absolute Gasteiger partial charge is 0.409 e. The number of nitrogens with one attached hydrogen (secondary N) is 1. The minimum Gasteiger partial charge on any atom is -0.409 e. The smallest absolute Gasteiger partial charge is 0.173 e. The summed E-state index contributed by atoms with van der Waals surface area (Å²) in [7, 11) is 0. The Hall–Kier alpha value is -1.92. The molecular weight excluding hydrogens is 289 g/mol. The number of hydrogen-bond acceptors (Lipinski definition) is 4. The van der Waals surface area contributed by atoms with Crippen molar-refractivity contribution in [3.05, 3.63) is 57.0 Å². The molecule has 1 aromatic heterocycles. The molecule has 0 saturated carbocycles. The molecule has 0 radical (unpaired) electrons. The third kappa shape index (κ3) is 3.80. The van der Waals surface area contributed by atoms with Gasteiger partial charge in [-0.1, -0.05) is 24.2 Å². The molecular formula is C15H18FN3OS. The van der Waals surface area contributed by atoms with Gasteiger partial charge in [0.25, 0.3) is 0 Å². The number of oxime groups is 1. The monoisotopic (exact) mass is 307 g/mol. The highest BCUT2D eigenvalue weighted by molar-refractivity contribution is 7.11. The van der Waals surface area contributed by atoms with Crippen LogP contribution in [0.25, 0.3) is 0 Å². The number of amidine groups is 1. The molecule has 0 aliphatic carbocycles. The second-order valence-electron chi connectivity index (χ2n) is 4.59. The fraction of sp³-hybridized carbons (Fsp3) is 0.267. The average Bonchev–Trinajstić information content (AvgIpc) is 2.96. The first-order chi connectivity index (χ1) is 10.2. The number of nitrogens with zero attached hydrogens (tertiary/aromatic N) is 1. The van der Waals surface area contributed by atoms with Gasteiger partial charge in [-0.05, 0) is 24.6 Å². The van der Waals surface area contributed by atoms with Gasteiger partial charge in [0.1, 0.15) is 5.82 Å². The van der Waals surface area contributed by atoms with Gasteiger partial charge in [-0.3, -0.25) is 0 Å². The lowest BCUT2D eigenvalue weighted by atomic mass is 10.1. The summed E-state index contributed by atoms with van der Waals surface area (Å²) in [5.41, 5.74) is 6.05. The van der Waals surface area contributed by atoms with E-state index in [1.54, 1.807) is 23.5 Å². The molecule has 4 N–H and O–H groups in total. The van der Waals surface area contributed by atoms with Gasteiger partial charge < -0.3 is 16.3 Å². The number of benzene rings is 1. The van der Waals surface area contributed by atoms with Crippen LogP contribution in [0.1, 0.15) is 27.8 Å². The Labute approximate surface area is 127 Å². The molecule has 4 nitrogen and oxygen atoms in total. The fourth-order valence-electron chi connectivity index (χ4n) is 2.00. The molecule has 0 unspecified atom stereocenters. The zero-order valence-corrected chi connectivity index (χ0v) is 12.6. The molecule has 0 saturated heterocycles. The molecule has 21 heavy (non-hydrogen) atoms. The SMILES string of the molecule is CCc1ccc(CNCc2cccc(/C(N)=N/O)c2F)s1. The van der Waals surface area contributed by atoms with Crippen LogP contribution in [-0.2, 0) is 19.5 Å². The topological polar surface area (TPSA) is 70.6 Å². The summed E-state index contributed by atoms with van der Waals surface area (Å²) < 4.78 is 14.2. The molecule has 0 fully saturated rings. The predicted octanol–water partition coefficient (Wildman–Crippen LogP) is 2.83. The normalized spacial score (nSPS) is 11.8. The quantitative estimate of drug-likeness (QED) is 0.333. The van der Waals surface area contributed by atoms with E-state index < -0.39 is 5.82 Å². The van der Waals surface area contributed by atoms with Crippen LogP contribution in [0, 0.1) is 5.82 Å². The van der Waals surface area contributed by atoms with Gasteiger partial charge in [0.2, 0.25) is 0 Å². The lowest BCUT2D eigenvalue weighted by Crippen LogP contribution is -2.18. The lowest BCUT2D eigenvalue weighted by molar-refractivity contribution is 0.318. The van der Waals surface area contributed by atoms with Crippen molar-refractivity contribution in [1.82, 2.24) is 5.32 Å². The zero-order valence-electron chi connectivity index (χ0n) is 11.8. The van der Waals surface area contributed by atoms with Crippen molar-refractivity contribution in [1.29, 1.82) is 0 Å². The molecule has 0 aliphatic rings. The average molecular weight is 307 g/mol. The van der Waals surface area contributed by atoms with Gasteiger partial charge in [0.05, 0.1) is 5.56 Å². The van der Waals surface area contributed by atoms with E-state index in [0.29, 0.717) is 18.7 Å². The summed E-state index contributed by atoms with van der Waals surface area (Å²) in [6.07, 6.45) is 1.03. The van der Waals surface area contributed by atoms with Crippen molar-refractivity contribution < 1.29 is 9.60 Å². The van der Waals surface area contributed by atoms with E-state index >= 15 is 0 Å². The van der Waals surface area contributed by atoms with Crippen molar-refractivity contribution in [2.45, 2.75) is 26.4 Å². The molecule has 0 spiro atoms. The van der Waals surface area contributed by atoms with Crippen molar-refractivity contribution in [3.8, 4) is 0 Å². The molecule has 2 rings (SSSR count). The van der Waals surface area contributed by atoms with Crippen LogP contribution < -0.4 is 11.1 Å². The van der Waals surface area contributed by atoms with Gasteiger partial charge in [0.15, 0.2) is 5.84 Å². The van der Waals surface area contributed by atoms with Crippen LogP contribution in [0.5, 0.6) is 0 Å². The maximum absolute atomic E-state index is 14.2. The first kappa shape index (κ1) is 15.5. The van der Waals surface area contributed by atoms with E-state index in [-0.39, 0.29) is 11.4 Å². The van der Waals surface area contributed by atoms with Crippen LogP contribution in [0.3, 0.4) is 0 Å². The van der Waals surface area contributed by atoms with E-state index in [1.165, 1.54) is 15.8 Å². The van der Waals surface area contributed by atoms with Crippen LogP contribution >= 0.6 is 11.3 Å². The summed E-state index contributed by atoms with van der Waals surface area (Å²) in [6.45, 7) is 3.20. The van der Waals surface area contributed by atoms with Crippen molar-refractivity contribution >= 4 is 17.2 Å². The molecule has 1 heterocycles. The predicted molar refractivity (Wildman–Crippen MR) is 83.2 cm³/mol. The second-order valence-corrected chi connectivity index (χ2v) is 5.84. The van der Waals surface area contributed by atoms with Crippen LogP contribution in [0.4, 0.5) is 4.39 Å². The molecule has 0 amide bonds. The molecule has 0 aliphatic heterocycles. The summed E-state index contributed by atoms with van der Waals surface area (Å²) in [5, 5.41) is 14.7. The minimum absolute atomic E-state index is 0.112. The molecule has 0 bridgehead atoms. The van der Waals surface area contributed by atoms with E-state index in [9.17, 15) is 4.39 Å². The van der Waals surface area contributed by atoms with Crippen LogP contribution in [-0.4, -0.2) is 11.0 Å². The van der Waals surface area contributed by atoms with Crippen LogP contribution in [0.2, 0.25) is 0 Å². The second kappa shape index (κ2) is 7.19. The highest BCUT2D eigenvalue weighted by Gasteiger charge is 2.11. The lowest BCUT2D eigenvalue weighted by Gasteiger charge is -2.08. The third-order valence-electron chi connectivity index (χ3n) is 3.14. The highest BCUT2D eigenvalue weighted by atomic mass is 32.1.